The first-order chi connectivity index (χ1) is 7.29. The molecule has 0 radical (unpaired) electrons. The molecular weight excluding hydrogens is 206 g/mol. The van der Waals surface area contributed by atoms with Gasteiger partial charge < -0.3 is 0 Å². The van der Waals surface area contributed by atoms with Gasteiger partial charge in [-0.05, 0) is 17.4 Å². The van der Waals surface area contributed by atoms with Gasteiger partial charge in [0, 0.05) is 25.5 Å². The Morgan fingerprint density at radius 1 is 1.27 bits per heavy atom. The molecular formula is C13H18ClN. The van der Waals surface area contributed by atoms with Gasteiger partial charge in [0.05, 0.1) is 0 Å². The van der Waals surface area contributed by atoms with Crippen molar-refractivity contribution in [2.75, 3.05) is 19.0 Å². The summed E-state index contributed by atoms with van der Waals surface area (Å²) in [6, 6.07) is 10.7. The van der Waals surface area contributed by atoms with E-state index in [1.807, 2.05) is 0 Å². The van der Waals surface area contributed by atoms with Gasteiger partial charge in [0.1, 0.15) is 0 Å². The van der Waals surface area contributed by atoms with E-state index in [2.05, 4.69) is 42.2 Å². The van der Waals surface area contributed by atoms with Crippen LogP contribution in [0.4, 0.5) is 0 Å². The lowest BCUT2D eigenvalue weighted by Gasteiger charge is -2.15. The fourth-order valence-corrected chi connectivity index (χ4v) is 2.72. The monoisotopic (exact) mass is 223 g/mol. The molecule has 2 atom stereocenters. The van der Waals surface area contributed by atoms with Crippen LogP contribution in [-0.4, -0.2) is 23.9 Å². The molecule has 2 rings (SSSR count). The highest BCUT2D eigenvalue weighted by atomic mass is 35.5. The van der Waals surface area contributed by atoms with Gasteiger partial charge in [-0.25, -0.2) is 0 Å². The van der Waals surface area contributed by atoms with Gasteiger partial charge in [-0.15, -0.1) is 11.6 Å². The summed E-state index contributed by atoms with van der Waals surface area (Å²) >= 11 is 5.94. The number of hydrogen-bond donors (Lipinski definition) is 0. The van der Waals surface area contributed by atoms with Gasteiger partial charge >= 0.3 is 0 Å². The van der Waals surface area contributed by atoms with Gasteiger partial charge in [0.25, 0.3) is 0 Å². The van der Waals surface area contributed by atoms with Crippen LogP contribution in [0.1, 0.15) is 12.5 Å². The smallest absolute Gasteiger partial charge is 0.0267 e. The second-order valence-corrected chi connectivity index (χ2v) is 4.88. The number of benzene rings is 1. The SMILES string of the molecule is CC1CN(Cc2ccccc2)CC1CCl. The lowest BCUT2D eigenvalue weighted by Crippen LogP contribution is -2.20. The molecule has 0 saturated carbocycles. The highest BCUT2D eigenvalue weighted by molar-refractivity contribution is 6.18. The standard InChI is InChI=1S/C13H18ClN/c1-11-8-15(10-13(11)7-14)9-12-5-3-2-4-6-12/h2-6,11,13H,7-10H2,1H3. The summed E-state index contributed by atoms with van der Waals surface area (Å²) in [4.78, 5) is 2.51. The van der Waals surface area contributed by atoms with Crippen LogP contribution in [0.3, 0.4) is 0 Å². The van der Waals surface area contributed by atoms with E-state index in [1.54, 1.807) is 0 Å². The van der Waals surface area contributed by atoms with E-state index < -0.39 is 0 Å². The fourth-order valence-electron chi connectivity index (χ4n) is 2.31. The topological polar surface area (TPSA) is 3.24 Å². The van der Waals surface area contributed by atoms with Crippen LogP contribution in [0.5, 0.6) is 0 Å². The molecule has 0 aromatic heterocycles. The van der Waals surface area contributed by atoms with Crippen molar-refractivity contribution >= 4 is 11.6 Å². The average molecular weight is 224 g/mol. The molecule has 1 nitrogen and oxygen atoms in total. The van der Waals surface area contributed by atoms with Gasteiger partial charge in [-0.2, -0.15) is 0 Å². The second-order valence-electron chi connectivity index (χ2n) is 4.57. The summed E-state index contributed by atoms with van der Waals surface area (Å²) in [5.41, 5.74) is 1.40. The Bertz CT molecular complexity index is 299. The summed E-state index contributed by atoms with van der Waals surface area (Å²) in [5.74, 6) is 2.22. The molecule has 0 aliphatic carbocycles. The number of nitrogens with zero attached hydrogens (tertiary/aromatic N) is 1. The van der Waals surface area contributed by atoms with E-state index in [-0.39, 0.29) is 0 Å². The summed E-state index contributed by atoms with van der Waals surface area (Å²) in [5, 5.41) is 0. The first-order valence-electron chi connectivity index (χ1n) is 5.62. The van der Waals surface area contributed by atoms with E-state index in [1.165, 1.54) is 12.1 Å². The zero-order chi connectivity index (χ0) is 10.7. The number of hydrogen-bond acceptors (Lipinski definition) is 1. The Morgan fingerprint density at radius 2 is 2.00 bits per heavy atom. The number of likely N-dealkylation sites (tertiary alicyclic amines) is 1. The quantitative estimate of drug-likeness (QED) is 0.713. The molecule has 1 saturated heterocycles. The van der Waals surface area contributed by atoms with Crippen molar-refractivity contribution in [2.24, 2.45) is 11.8 Å². The number of rotatable bonds is 3. The van der Waals surface area contributed by atoms with Crippen LogP contribution < -0.4 is 0 Å². The summed E-state index contributed by atoms with van der Waals surface area (Å²) in [6.45, 7) is 5.71. The second kappa shape index (κ2) is 5.00. The minimum Gasteiger partial charge on any atom is -0.298 e. The third-order valence-electron chi connectivity index (χ3n) is 3.29. The predicted octanol–water partition coefficient (Wildman–Crippen LogP) is 2.99. The first kappa shape index (κ1) is 11.0. The van der Waals surface area contributed by atoms with Gasteiger partial charge in [-0.3, -0.25) is 4.90 Å². The largest absolute Gasteiger partial charge is 0.298 e. The number of halogens is 1. The molecule has 1 aromatic rings. The highest BCUT2D eigenvalue weighted by Gasteiger charge is 2.28. The van der Waals surface area contributed by atoms with Crippen LogP contribution in [0, 0.1) is 11.8 Å². The van der Waals surface area contributed by atoms with E-state index in [4.69, 9.17) is 11.6 Å². The molecule has 1 aliphatic heterocycles. The normalized spacial score (nSPS) is 27.1. The van der Waals surface area contributed by atoms with E-state index in [9.17, 15) is 0 Å². The minimum absolute atomic E-state index is 0.676. The Kier molecular flexibility index (Phi) is 3.66. The van der Waals surface area contributed by atoms with Gasteiger partial charge in [0.2, 0.25) is 0 Å². The molecule has 1 aliphatic rings. The van der Waals surface area contributed by atoms with E-state index >= 15 is 0 Å². The molecule has 2 unspecified atom stereocenters. The van der Waals surface area contributed by atoms with E-state index in [0.29, 0.717) is 5.92 Å². The molecule has 2 heteroatoms. The molecule has 1 fully saturated rings. The van der Waals surface area contributed by atoms with Crippen molar-refractivity contribution in [3.05, 3.63) is 35.9 Å². The van der Waals surface area contributed by atoms with Crippen molar-refractivity contribution in [3.8, 4) is 0 Å². The van der Waals surface area contributed by atoms with Crippen molar-refractivity contribution < 1.29 is 0 Å². The summed E-state index contributed by atoms with van der Waals surface area (Å²) < 4.78 is 0. The maximum absolute atomic E-state index is 5.94. The minimum atomic E-state index is 0.676. The molecule has 82 valence electrons. The zero-order valence-electron chi connectivity index (χ0n) is 9.20. The molecule has 15 heavy (non-hydrogen) atoms. The Labute approximate surface area is 97.0 Å². The molecule has 0 amide bonds. The maximum Gasteiger partial charge on any atom is 0.0267 e. The molecule has 0 bridgehead atoms. The highest BCUT2D eigenvalue weighted by Crippen LogP contribution is 2.25. The van der Waals surface area contributed by atoms with Crippen LogP contribution in [0.2, 0.25) is 0 Å². The lowest BCUT2D eigenvalue weighted by atomic mass is 10.0. The molecule has 0 N–H and O–H groups in total. The zero-order valence-corrected chi connectivity index (χ0v) is 9.95. The van der Waals surface area contributed by atoms with Gasteiger partial charge in [0.15, 0.2) is 0 Å². The Morgan fingerprint density at radius 3 is 2.60 bits per heavy atom. The van der Waals surface area contributed by atoms with Crippen LogP contribution in [0.15, 0.2) is 30.3 Å². The lowest BCUT2D eigenvalue weighted by molar-refractivity contribution is 0.316. The van der Waals surface area contributed by atoms with Crippen LogP contribution in [-0.2, 0) is 6.54 Å². The van der Waals surface area contributed by atoms with Gasteiger partial charge in [-0.1, -0.05) is 37.3 Å². The Hall–Kier alpha value is -0.530. The average Bonchev–Trinajstić information content (AvgIpc) is 2.60. The van der Waals surface area contributed by atoms with Crippen molar-refractivity contribution in [1.82, 2.24) is 4.90 Å². The van der Waals surface area contributed by atoms with Crippen molar-refractivity contribution in [3.63, 3.8) is 0 Å². The summed E-state index contributed by atoms with van der Waals surface area (Å²) in [6.07, 6.45) is 0. The van der Waals surface area contributed by atoms with Crippen LogP contribution in [0.25, 0.3) is 0 Å². The molecule has 1 heterocycles. The van der Waals surface area contributed by atoms with Crippen molar-refractivity contribution in [2.45, 2.75) is 13.5 Å². The third-order valence-corrected chi connectivity index (χ3v) is 3.69. The summed E-state index contributed by atoms with van der Waals surface area (Å²) in [7, 11) is 0. The van der Waals surface area contributed by atoms with E-state index in [0.717, 1.165) is 24.9 Å². The number of alkyl halides is 1. The Balaban J connectivity index is 1.92. The molecule has 0 spiro atoms. The fraction of sp³-hybridized carbons (Fsp3) is 0.538. The maximum atomic E-state index is 5.94. The first-order valence-corrected chi connectivity index (χ1v) is 6.15. The van der Waals surface area contributed by atoms with Crippen molar-refractivity contribution in [1.29, 1.82) is 0 Å². The molecule has 1 aromatic carbocycles. The third kappa shape index (κ3) is 2.73. The van der Waals surface area contributed by atoms with Crippen LogP contribution >= 0.6 is 11.6 Å². The predicted molar refractivity (Wildman–Crippen MR) is 65.1 cm³/mol.